The van der Waals surface area contributed by atoms with Crippen LogP contribution >= 0.6 is 27.5 Å². The molecule has 1 aliphatic heterocycles. The molecule has 2 aromatic rings. The third kappa shape index (κ3) is 5.35. The molecule has 0 aromatic heterocycles. The third-order valence-electron chi connectivity index (χ3n) is 7.37. The number of likely N-dealkylation sites (tertiary alicyclic amines) is 1. The maximum Gasteiger partial charge on any atom is 0.410 e. The van der Waals surface area contributed by atoms with Gasteiger partial charge in [-0.25, -0.2) is 13.2 Å². The molecule has 2 aliphatic carbocycles. The maximum absolute atomic E-state index is 13.9. The highest BCUT2D eigenvalue weighted by molar-refractivity contribution is 9.10. The zero-order valence-electron chi connectivity index (χ0n) is 19.8. The van der Waals surface area contributed by atoms with E-state index in [1.807, 2.05) is 0 Å². The number of nitriles is 1. The highest BCUT2D eigenvalue weighted by Crippen LogP contribution is 2.51. The molecular weight excluding hydrogens is 582 g/mol. The molecule has 2 atom stereocenters. The van der Waals surface area contributed by atoms with Crippen LogP contribution in [0.5, 0.6) is 0 Å². The second kappa shape index (κ2) is 9.61. The van der Waals surface area contributed by atoms with E-state index < -0.39 is 38.4 Å². The van der Waals surface area contributed by atoms with Gasteiger partial charge in [0.15, 0.2) is 16.1 Å². The first-order valence-corrected chi connectivity index (χ1v) is 14.9. The van der Waals surface area contributed by atoms with Gasteiger partial charge in [-0.1, -0.05) is 51.8 Å². The number of sulfone groups is 1. The number of hydrogen-bond acceptors (Lipinski definition) is 6. The lowest BCUT2D eigenvalue weighted by molar-refractivity contribution is -0.140. The van der Waals surface area contributed by atoms with E-state index >= 15 is 0 Å². The highest BCUT2D eigenvalue weighted by Gasteiger charge is 2.57. The number of carbonyl (C=O) groups excluding carboxylic acids is 2. The molecule has 1 N–H and O–H groups in total. The summed E-state index contributed by atoms with van der Waals surface area (Å²) < 4.78 is 33.2. The van der Waals surface area contributed by atoms with Crippen molar-refractivity contribution in [3.63, 3.8) is 0 Å². The second-order valence-corrected chi connectivity index (χ2v) is 13.6. The maximum atomic E-state index is 13.9. The van der Waals surface area contributed by atoms with Crippen LogP contribution in [0, 0.1) is 11.3 Å². The number of nitrogens with one attached hydrogen (secondary N) is 1. The molecule has 5 rings (SSSR count). The van der Waals surface area contributed by atoms with Crippen LogP contribution in [0.25, 0.3) is 0 Å². The number of ether oxygens (including phenoxy) is 1. The Kier molecular flexibility index (Phi) is 6.75. The number of hydrogen-bond donors (Lipinski definition) is 1. The van der Waals surface area contributed by atoms with Crippen LogP contribution in [-0.2, 0) is 30.5 Å². The molecule has 0 spiro atoms. The van der Waals surface area contributed by atoms with E-state index in [0.29, 0.717) is 36.3 Å². The van der Waals surface area contributed by atoms with Crippen molar-refractivity contribution in [3.05, 3.63) is 69.2 Å². The summed E-state index contributed by atoms with van der Waals surface area (Å²) >= 11 is 9.38. The fraction of sp³-hybridized carbons (Fsp3) is 0.423. The summed E-state index contributed by atoms with van der Waals surface area (Å²) in [5.74, 6) is -0.457. The Balaban J connectivity index is 1.38. The van der Waals surface area contributed by atoms with Gasteiger partial charge in [-0.05, 0) is 61.1 Å². The number of halogens is 2. The summed E-state index contributed by atoms with van der Waals surface area (Å²) in [6.45, 7) is -0.0750. The van der Waals surface area contributed by atoms with Gasteiger partial charge < -0.3 is 15.0 Å². The standard InChI is InChI=1S/C26H25BrClN3O5S/c27-19-5-1-17(2-6-19)15-37(34,35)21-13-22(36-24(33)30-25(16-29)9-10-25)31(14-21)23(32)26(11-12-26)18-3-7-20(28)8-4-18/h1-8,21-22H,9-15H2,(H,30,33)/t21-,22+/m1/s1. The van der Waals surface area contributed by atoms with E-state index in [-0.39, 0.29) is 24.6 Å². The summed E-state index contributed by atoms with van der Waals surface area (Å²) in [6.07, 6.45) is 0.341. The minimum atomic E-state index is -3.67. The number of carbonyl (C=O) groups is 2. The van der Waals surface area contributed by atoms with Gasteiger partial charge in [-0.2, -0.15) is 5.26 Å². The Labute approximate surface area is 229 Å². The van der Waals surface area contributed by atoms with E-state index in [4.69, 9.17) is 16.3 Å². The molecule has 11 heteroatoms. The molecule has 3 aliphatic rings. The molecule has 2 saturated carbocycles. The topological polar surface area (TPSA) is 117 Å². The van der Waals surface area contributed by atoms with Crippen LogP contribution in [0.15, 0.2) is 53.0 Å². The van der Waals surface area contributed by atoms with Gasteiger partial charge in [0.25, 0.3) is 0 Å². The summed E-state index contributed by atoms with van der Waals surface area (Å²) in [7, 11) is -3.67. The normalized spacial score (nSPS) is 23.1. The molecule has 8 nitrogen and oxygen atoms in total. The van der Waals surface area contributed by atoms with Gasteiger partial charge in [0, 0.05) is 22.5 Å². The SMILES string of the molecule is N#CC1(NC(=O)O[C@H]2C[C@@H](S(=O)(=O)Cc3ccc(Br)cc3)CN2C(=O)C2(c3ccc(Cl)cc3)CC2)CC1. The molecule has 1 saturated heterocycles. The summed E-state index contributed by atoms with van der Waals surface area (Å²) in [5.41, 5.74) is -0.309. The van der Waals surface area contributed by atoms with Gasteiger partial charge in [0.05, 0.1) is 22.5 Å². The Morgan fingerprint density at radius 3 is 2.32 bits per heavy atom. The molecule has 3 fully saturated rings. The van der Waals surface area contributed by atoms with E-state index in [2.05, 4.69) is 27.3 Å². The average molecular weight is 607 g/mol. The number of amides is 2. The first kappa shape index (κ1) is 26.0. The lowest BCUT2D eigenvalue weighted by Crippen LogP contribution is -2.46. The van der Waals surface area contributed by atoms with Gasteiger partial charge >= 0.3 is 6.09 Å². The van der Waals surface area contributed by atoms with Crippen LogP contribution < -0.4 is 5.32 Å². The van der Waals surface area contributed by atoms with Gasteiger partial charge in [0.1, 0.15) is 5.54 Å². The van der Waals surface area contributed by atoms with Crippen molar-refractivity contribution in [2.75, 3.05) is 6.54 Å². The zero-order valence-corrected chi connectivity index (χ0v) is 23.0. The van der Waals surface area contributed by atoms with Crippen molar-refractivity contribution in [2.45, 2.75) is 60.3 Å². The Hall–Kier alpha value is -2.61. The minimum Gasteiger partial charge on any atom is -0.425 e. The van der Waals surface area contributed by atoms with Crippen LogP contribution in [0.4, 0.5) is 4.79 Å². The van der Waals surface area contributed by atoms with Crippen molar-refractivity contribution in [3.8, 4) is 6.07 Å². The zero-order chi connectivity index (χ0) is 26.4. The molecule has 1 heterocycles. The molecule has 0 bridgehead atoms. The fourth-order valence-corrected chi connectivity index (χ4v) is 6.94. The minimum absolute atomic E-state index is 0.0335. The van der Waals surface area contributed by atoms with Gasteiger partial charge in [-0.3, -0.25) is 4.79 Å². The predicted molar refractivity (Wildman–Crippen MR) is 140 cm³/mol. The molecule has 2 aromatic carbocycles. The smallest absolute Gasteiger partial charge is 0.410 e. The van der Waals surface area contributed by atoms with E-state index in [1.54, 1.807) is 48.5 Å². The largest absolute Gasteiger partial charge is 0.425 e. The van der Waals surface area contributed by atoms with Crippen molar-refractivity contribution in [1.82, 2.24) is 10.2 Å². The van der Waals surface area contributed by atoms with Gasteiger partial charge in [-0.15, -0.1) is 0 Å². The third-order valence-corrected chi connectivity index (χ3v) is 10.2. The molecular formula is C26H25BrClN3O5S. The lowest BCUT2D eigenvalue weighted by atomic mass is 9.94. The van der Waals surface area contributed by atoms with E-state index in [9.17, 15) is 23.3 Å². The molecule has 2 amide bonds. The summed E-state index contributed by atoms with van der Waals surface area (Å²) in [5, 5.41) is 11.5. The highest BCUT2D eigenvalue weighted by atomic mass is 79.9. The number of rotatable bonds is 7. The van der Waals surface area contributed by atoms with Crippen LogP contribution in [-0.4, -0.2) is 48.9 Å². The number of alkyl carbamates (subject to hydrolysis) is 1. The summed E-state index contributed by atoms with van der Waals surface area (Å²) in [6, 6.07) is 16.1. The fourth-order valence-electron chi connectivity index (χ4n) is 4.81. The first-order chi connectivity index (χ1) is 17.6. The quantitative estimate of drug-likeness (QED) is 0.498. The monoisotopic (exact) mass is 605 g/mol. The molecule has 194 valence electrons. The molecule has 37 heavy (non-hydrogen) atoms. The number of nitrogens with zero attached hydrogens (tertiary/aromatic N) is 2. The van der Waals surface area contributed by atoms with Crippen molar-refractivity contribution < 1.29 is 22.7 Å². The number of benzene rings is 2. The van der Waals surface area contributed by atoms with Crippen LogP contribution in [0.1, 0.15) is 43.2 Å². The molecule has 0 unspecified atom stereocenters. The Morgan fingerprint density at radius 1 is 1.11 bits per heavy atom. The van der Waals surface area contributed by atoms with Crippen molar-refractivity contribution in [1.29, 1.82) is 5.26 Å². The summed E-state index contributed by atoms with van der Waals surface area (Å²) in [4.78, 5) is 27.9. The Bertz CT molecular complexity index is 1370. The van der Waals surface area contributed by atoms with Crippen molar-refractivity contribution >= 4 is 49.4 Å². The average Bonchev–Trinajstić information content (AvgIpc) is 3.78. The first-order valence-electron chi connectivity index (χ1n) is 12.0. The lowest BCUT2D eigenvalue weighted by Gasteiger charge is -2.29. The Morgan fingerprint density at radius 2 is 1.76 bits per heavy atom. The van der Waals surface area contributed by atoms with Crippen molar-refractivity contribution in [2.24, 2.45) is 0 Å². The second-order valence-electron chi connectivity index (χ2n) is 10.0. The predicted octanol–water partition coefficient (Wildman–Crippen LogP) is 4.46. The van der Waals surface area contributed by atoms with Crippen LogP contribution in [0.3, 0.4) is 0 Å². The molecule has 0 radical (unpaired) electrons. The van der Waals surface area contributed by atoms with E-state index in [1.165, 1.54) is 4.90 Å². The van der Waals surface area contributed by atoms with E-state index in [0.717, 1.165) is 10.0 Å². The van der Waals surface area contributed by atoms with Crippen LogP contribution in [0.2, 0.25) is 5.02 Å². The van der Waals surface area contributed by atoms with Gasteiger partial charge in [0.2, 0.25) is 5.91 Å².